The Balaban J connectivity index is 1.98. The van der Waals surface area contributed by atoms with Crippen LogP contribution in [-0.2, 0) is 6.54 Å². The van der Waals surface area contributed by atoms with Crippen molar-refractivity contribution in [2.45, 2.75) is 13.5 Å². The molecule has 0 spiro atoms. The molecule has 0 aliphatic carbocycles. The molecular weight excluding hydrogens is 231 g/mol. The molecule has 0 unspecified atom stereocenters. The summed E-state index contributed by atoms with van der Waals surface area (Å²) in [6.07, 6.45) is 1.60. The van der Waals surface area contributed by atoms with Crippen LogP contribution in [0.5, 0.6) is 0 Å². The minimum Gasteiger partial charge on any atom is -0.347 e. The number of amides is 1. The third-order valence-corrected chi connectivity index (χ3v) is 2.51. The summed E-state index contributed by atoms with van der Waals surface area (Å²) in [5, 5.41) is 2.74. The molecule has 0 bridgehead atoms. The van der Waals surface area contributed by atoms with Crippen LogP contribution >= 0.6 is 0 Å². The van der Waals surface area contributed by atoms with Gasteiger partial charge in [-0.2, -0.15) is 0 Å². The molecule has 0 aliphatic heterocycles. The number of nitrogens with one attached hydrogen (secondary N) is 1. The van der Waals surface area contributed by atoms with Gasteiger partial charge >= 0.3 is 0 Å². The number of nitrogens with zero attached hydrogens (tertiary/aromatic N) is 1. The number of pyridine rings is 1. The topological polar surface area (TPSA) is 42.0 Å². The molecule has 3 nitrogen and oxygen atoms in total. The molecule has 4 heteroatoms. The Labute approximate surface area is 105 Å². The number of rotatable bonds is 3. The van der Waals surface area contributed by atoms with E-state index in [1.54, 1.807) is 24.4 Å². The number of carbonyl (C=O) groups excluding carboxylic acids is 1. The predicted octanol–water partition coefficient (Wildman–Crippen LogP) is 2.46. The summed E-state index contributed by atoms with van der Waals surface area (Å²) in [5.74, 6) is -0.520. The van der Waals surface area contributed by atoms with Crippen LogP contribution in [0.3, 0.4) is 0 Å². The lowest BCUT2D eigenvalue weighted by molar-refractivity contribution is 0.0946. The summed E-state index contributed by atoms with van der Waals surface area (Å²) >= 11 is 0. The van der Waals surface area contributed by atoms with Crippen LogP contribution in [0.1, 0.15) is 21.6 Å². The van der Waals surface area contributed by atoms with E-state index in [0.717, 1.165) is 11.1 Å². The molecule has 2 rings (SSSR count). The number of aryl methyl sites for hydroxylation is 1. The highest BCUT2D eigenvalue weighted by Gasteiger charge is 2.06. The van der Waals surface area contributed by atoms with Gasteiger partial charge in [-0.25, -0.2) is 4.39 Å². The van der Waals surface area contributed by atoms with E-state index in [9.17, 15) is 9.18 Å². The molecule has 0 fully saturated rings. The SMILES string of the molecule is Cc1ccnc(C(=O)NCc2ccc(F)cc2)c1. The van der Waals surface area contributed by atoms with Crippen molar-refractivity contribution in [3.05, 3.63) is 65.2 Å². The average Bonchev–Trinajstić information content (AvgIpc) is 2.38. The van der Waals surface area contributed by atoms with Crippen LogP contribution in [0.15, 0.2) is 42.6 Å². The van der Waals surface area contributed by atoms with Gasteiger partial charge < -0.3 is 5.32 Å². The molecule has 1 aromatic heterocycles. The maximum atomic E-state index is 12.7. The second kappa shape index (κ2) is 5.40. The molecule has 92 valence electrons. The maximum absolute atomic E-state index is 12.7. The van der Waals surface area contributed by atoms with Gasteiger partial charge in [0.05, 0.1) is 0 Å². The molecule has 0 radical (unpaired) electrons. The quantitative estimate of drug-likeness (QED) is 0.901. The molecule has 1 N–H and O–H groups in total. The van der Waals surface area contributed by atoms with Crippen LogP contribution in [0.4, 0.5) is 4.39 Å². The van der Waals surface area contributed by atoms with Crippen molar-refractivity contribution in [3.63, 3.8) is 0 Å². The van der Waals surface area contributed by atoms with Gasteiger partial charge in [-0.15, -0.1) is 0 Å². The van der Waals surface area contributed by atoms with Crippen molar-refractivity contribution in [2.75, 3.05) is 0 Å². The molecule has 0 saturated heterocycles. The third kappa shape index (κ3) is 3.13. The summed E-state index contributed by atoms with van der Waals surface area (Å²) < 4.78 is 12.7. The van der Waals surface area contributed by atoms with Gasteiger partial charge in [0.25, 0.3) is 5.91 Å². The highest BCUT2D eigenvalue weighted by Crippen LogP contribution is 2.03. The number of hydrogen-bond donors (Lipinski definition) is 1. The summed E-state index contributed by atoms with van der Waals surface area (Å²) in [6.45, 7) is 2.26. The van der Waals surface area contributed by atoms with Crippen LogP contribution in [-0.4, -0.2) is 10.9 Å². The first-order valence-corrected chi connectivity index (χ1v) is 5.60. The van der Waals surface area contributed by atoms with Crippen molar-refractivity contribution in [1.29, 1.82) is 0 Å². The fourth-order valence-electron chi connectivity index (χ4n) is 1.54. The first-order chi connectivity index (χ1) is 8.65. The first-order valence-electron chi connectivity index (χ1n) is 5.60. The van der Waals surface area contributed by atoms with E-state index in [2.05, 4.69) is 10.3 Å². The molecule has 0 atom stereocenters. The molecule has 0 aliphatic rings. The second-order valence-electron chi connectivity index (χ2n) is 4.03. The van der Waals surface area contributed by atoms with Crippen molar-refractivity contribution in [3.8, 4) is 0 Å². The summed E-state index contributed by atoms with van der Waals surface area (Å²) in [6, 6.07) is 9.56. The number of carbonyl (C=O) groups is 1. The molecule has 1 amide bonds. The van der Waals surface area contributed by atoms with E-state index >= 15 is 0 Å². The highest BCUT2D eigenvalue weighted by molar-refractivity contribution is 5.92. The number of hydrogen-bond acceptors (Lipinski definition) is 2. The molecule has 1 aromatic carbocycles. The molecule has 2 aromatic rings. The average molecular weight is 244 g/mol. The highest BCUT2D eigenvalue weighted by atomic mass is 19.1. The maximum Gasteiger partial charge on any atom is 0.270 e. The van der Waals surface area contributed by atoms with E-state index in [4.69, 9.17) is 0 Å². The molecule has 18 heavy (non-hydrogen) atoms. The summed E-state index contributed by atoms with van der Waals surface area (Å²) in [4.78, 5) is 15.8. The third-order valence-electron chi connectivity index (χ3n) is 2.51. The minimum absolute atomic E-state index is 0.233. The van der Waals surface area contributed by atoms with Gasteiger partial charge in [0.2, 0.25) is 0 Å². The zero-order valence-electron chi connectivity index (χ0n) is 9.98. The predicted molar refractivity (Wildman–Crippen MR) is 66.5 cm³/mol. The zero-order chi connectivity index (χ0) is 13.0. The van der Waals surface area contributed by atoms with Crippen LogP contribution in [0.25, 0.3) is 0 Å². The van der Waals surface area contributed by atoms with Gasteiger partial charge in [-0.3, -0.25) is 9.78 Å². The largest absolute Gasteiger partial charge is 0.347 e. The number of benzene rings is 1. The van der Waals surface area contributed by atoms with Crippen LogP contribution in [0.2, 0.25) is 0 Å². The Morgan fingerprint density at radius 3 is 2.67 bits per heavy atom. The van der Waals surface area contributed by atoms with E-state index in [0.29, 0.717) is 12.2 Å². The van der Waals surface area contributed by atoms with Crippen molar-refractivity contribution in [2.24, 2.45) is 0 Å². The normalized spacial score (nSPS) is 10.1. The Kier molecular flexibility index (Phi) is 3.67. The Hall–Kier alpha value is -2.23. The van der Waals surface area contributed by atoms with Crippen molar-refractivity contribution < 1.29 is 9.18 Å². The fraction of sp³-hybridized carbons (Fsp3) is 0.143. The number of aromatic nitrogens is 1. The lowest BCUT2D eigenvalue weighted by Gasteiger charge is -2.05. The fourth-order valence-corrected chi connectivity index (χ4v) is 1.54. The Morgan fingerprint density at radius 2 is 2.00 bits per heavy atom. The molecule has 1 heterocycles. The van der Waals surface area contributed by atoms with Crippen molar-refractivity contribution >= 4 is 5.91 Å². The standard InChI is InChI=1S/C14H13FN2O/c1-10-6-7-16-13(8-10)14(18)17-9-11-2-4-12(15)5-3-11/h2-8H,9H2,1H3,(H,17,18). The monoisotopic (exact) mass is 244 g/mol. The first kappa shape index (κ1) is 12.2. The number of halogens is 1. The molecule has 0 saturated carbocycles. The van der Waals surface area contributed by atoms with Crippen LogP contribution < -0.4 is 5.32 Å². The zero-order valence-corrected chi connectivity index (χ0v) is 9.98. The Bertz CT molecular complexity index is 552. The summed E-state index contributed by atoms with van der Waals surface area (Å²) in [5.41, 5.74) is 2.21. The summed E-state index contributed by atoms with van der Waals surface area (Å²) in [7, 11) is 0. The second-order valence-corrected chi connectivity index (χ2v) is 4.03. The van der Waals surface area contributed by atoms with Gasteiger partial charge in [0.15, 0.2) is 0 Å². The van der Waals surface area contributed by atoms with E-state index in [1.807, 2.05) is 13.0 Å². The van der Waals surface area contributed by atoms with Gasteiger partial charge in [-0.05, 0) is 42.3 Å². The molecular formula is C14H13FN2O. The van der Waals surface area contributed by atoms with E-state index < -0.39 is 0 Å². The van der Waals surface area contributed by atoms with E-state index in [-0.39, 0.29) is 11.7 Å². The van der Waals surface area contributed by atoms with E-state index in [1.165, 1.54) is 12.1 Å². The van der Waals surface area contributed by atoms with Crippen LogP contribution in [0, 0.1) is 12.7 Å². The van der Waals surface area contributed by atoms with Gasteiger partial charge in [0.1, 0.15) is 11.5 Å². The minimum atomic E-state index is -0.287. The lowest BCUT2D eigenvalue weighted by atomic mass is 10.2. The Morgan fingerprint density at radius 1 is 1.28 bits per heavy atom. The van der Waals surface area contributed by atoms with Gasteiger partial charge in [0, 0.05) is 12.7 Å². The lowest BCUT2D eigenvalue weighted by Crippen LogP contribution is -2.23. The smallest absolute Gasteiger partial charge is 0.270 e. The van der Waals surface area contributed by atoms with Gasteiger partial charge in [-0.1, -0.05) is 12.1 Å². The van der Waals surface area contributed by atoms with Crippen molar-refractivity contribution in [1.82, 2.24) is 10.3 Å².